The van der Waals surface area contributed by atoms with Crippen LogP contribution < -0.4 is 0 Å². The van der Waals surface area contributed by atoms with Crippen molar-refractivity contribution in [2.45, 2.75) is 101 Å². The minimum atomic E-state index is 0.305. The van der Waals surface area contributed by atoms with E-state index in [1.165, 1.54) is 22.8 Å². The highest BCUT2D eigenvalue weighted by Gasteiger charge is 2.23. The monoisotopic (exact) mass is 576 g/mol. The first-order valence-corrected chi connectivity index (χ1v) is 16.5. The second kappa shape index (κ2) is 13.6. The molecule has 4 atom stereocenters. The summed E-state index contributed by atoms with van der Waals surface area (Å²) in [5.41, 5.74) is 9.36. The summed E-state index contributed by atoms with van der Waals surface area (Å²) in [5, 5.41) is 0. The second-order valence-electron chi connectivity index (χ2n) is 12.7. The van der Waals surface area contributed by atoms with Crippen LogP contribution in [0.2, 0.25) is 0 Å². The molecule has 7 heterocycles. The highest BCUT2D eigenvalue weighted by Crippen LogP contribution is 2.32. The van der Waals surface area contributed by atoms with Gasteiger partial charge in [-0.15, -0.1) is 23.7 Å². The molecule has 0 amide bonds. The molecule has 7 rings (SSSR count). The Morgan fingerprint density at radius 2 is 0.636 bits per heavy atom. The number of rotatable bonds is 0. The summed E-state index contributed by atoms with van der Waals surface area (Å²) in [6.07, 6.45) is 11.0. The highest BCUT2D eigenvalue weighted by atomic mass is 14.8. The molecule has 44 heavy (non-hydrogen) atoms. The zero-order valence-corrected chi connectivity index (χ0v) is 25.5. The van der Waals surface area contributed by atoms with Gasteiger partial charge in [-0.1, -0.05) is 24.3 Å². The van der Waals surface area contributed by atoms with E-state index in [1.807, 2.05) is 0 Å². The zero-order chi connectivity index (χ0) is 29.6. The van der Waals surface area contributed by atoms with Crippen LogP contribution in [-0.2, 0) is 25.7 Å². The molecule has 0 saturated heterocycles. The van der Waals surface area contributed by atoms with E-state index >= 15 is 0 Å². The van der Waals surface area contributed by atoms with Gasteiger partial charge in [-0.05, 0) is 99.9 Å². The van der Waals surface area contributed by atoms with Gasteiger partial charge in [0.1, 0.15) is 0 Å². The number of nitrogens with zero attached hydrogens (tertiary/aromatic N) is 4. The van der Waals surface area contributed by atoms with E-state index in [-0.39, 0.29) is 0 Å². The van der Waals surface area contributed by atoms with Crippen molar-refractivity contribution in [2.24, 2.45) is 0 Å². The summed E-state index contributed by atoms with van der Waals surface area (Å²) < 4.78 is 0. The first-order chi connectivity index (χ1) is 21.8. The number of hydrogen-bond acceptors (Lipinski definition) is 4. The zero-order valence-electron chi connectivity index (χ0n) is 25.5. The van der Waals surface area contributed by atoms with Crippen LogP contribution in [0.4, 0.5) is 0 Å². The van der Waals surface area contributed by atoms with E-state index < -0.39 is 0 Å². The summed E-state index contributed by atoms with van der Waals surface area (Å²) in [5.74, 6) is 15.3. The third kappa shape index (κ3) is 6.92. The van der Waals surface area contributed by atoms with Crippen molar-refractivity contribution in [3.05, 3.63) is 118 Å². The average Bonchev–Trinajstić information content (AvgIpc) is 3.05. The summed E-state index contributed by atoms with van der Waals surface area (Å²) >= 11 is 0. The van der Waals surface area contributed by atoms with Gasteiger partial charge in [0.15, 0.2) is 0 Å². The fourth-order valence-electron chi connectivity index (χ4n) is 7.13. The molecule has 12 bridgehead atoms. The summed E-state index contributed by atoms with van der Waals surface area (Å²) in [6, 6.07) is 26.3. The van der Waals surface area contributed by atoms with Crippen LogP contribution in [0.15, 0.2) is 72.8 Å². The van der Waals surface area contributed by atoms with Gasteiger partial charge in [0.25, 0.3) is 0 Å². The normalized spacial score (nSPS) is 23.3. The van der Waals surface area contributed by atoms with E-state index in [0.717, 1.165) is 99.8 Å². The lowest BCUT2D eigenvalue weighted by atomic mass is 9.88. The SMILES string of the molecule is C1#CCCC2Cc3cccc(n3)CC(CCC#CCCC3Cc4cccc(n4)CC(CC1)c1cccc3n1)c1cccc2n1. The van der Waals surface area contributed by atoms with Gasteiger partial charge in [0.2, 0.25) is 0 Å². The van der Waals surface area contributed by atoms with Gasteiger partial charge < -0.3 is 0 Å². The van der Waals surface area contributed by atoms with E-state index in [4.69, 9.17) is 19.9 Å². The third-order valence-corrected chi connectivity index (χ3v) is 9.53. The van der Waals surface area contributed by atoms with Crippen LogP contribution in [0.1, 0.15) is 121 Å². The van der Waals surface area contributed by atoms with Crippen LogP contribution in [0, 0.1) is 23.7 Å². The molecule has 0 radical (unpaired) electrons. The van der Waals surface area contributed by atoms with E-state index in [2.05, 4.69) is 96.5 Å². The van der Waals surface area contributed by atoms with Gasteiger partial charge in [0, 0.05) is 94.9 Å². The molecular weight excluding hydrogens is 536 g/mol. The minimum Gasteiger partial charge on any atom is -0.258 e. The van der Waals surface area contributed by atoms with Crippen molar-refractivity contribution >= 4 is 0 Å². The van der Waals surface area contributed by atoms with E-state index in [1.54, 1.807) is 0 Å². The van der Waals surface area contributed by atoms with Gasteiger partial charge in [-0.25, -0.2) is 0 Å². The van der Waals surface area contributed by atoms with Crippen LogP contribution in [-0.4, -0.2) is 19.9 Å². The molecule has 3 aliphatic rings. The predicted molar refractivity (Wildman–Crippen MR) is 175 cm³/mol. The van der Waals surface area contributed by atoms with Crippen LogP contribution in [0.5, 0.6) is 0 Å². The molecule has 4 unspecified atom stereocenters. The van der Waals surface area contributed by atoms with Crippen LogP contribution in [0.3, 0.4) is 0 Å². The Morgan fingerprint density at radius 1 is 0.364 bits per heavy atom. The number of hydrogen-bond donors (Lipinski definition) is 0. The first kappa shape index (κ1) is 28.5. The Bertz CT molecular complexity index is 1500. The Hall–Kier alpha value is -4.28. The molecule has 4 heteroatoms. The average molecular weight is 577 g/mol. The fourth-order valence-corrected chi connectivity index (χ4v) is 7.13. The first-order valence-electron chi connectivity index (χ1n) is 16.5. The Kier molecular flexibility index (Phi) is 8.79. The fraction of sp³-hybridized carbons (Fsp3) is 0.400. The predicted octanol–water partition coefficient (Wildman–Crippen LogP) is 8.04. The largest absolute Gasteiger partial charge is 0.258 e. The lowest BCUT2D eigenvalue weighted by Crippen LogP contribution is -2.14. The van der Waals surface area contributed by atoms with E-state index in [0.29, 0.717) is 23.7 Å². The molecule has 4 aromatic heterocycles. The van der Waals surface area contributed by atoms with Crippen molar-refractivity contribution < 1.29 is 0 Å². The molecule has 0 aromatic carbocycles. The molecule has 0 aliphatic carbocycles. The molecular formula is C40H40N4. The number of pyridine rings is 4. The quantitative estimate of drug-likeness (QED) is 0.199. The molecule has 0 fully saturated rings. The molecule has 4 nitrogen and oxygen atoms in total. The van der Waals surface area contributed by atoms with Gasteiger partial charge >= 0.3 is 0 Å². The maximum atomic E-state index is 5.27. The van der Waals surface area contributed by atoms with Gasteiger partial charge in [-0.2, -0.15) is 0 Å². The molecule has 0 saturated carbocycles. The summed E-state index contributed by atoms with van der Waals surface area (Å²) in [7, 11) is 0. The van der Waals surface area contributed by atoms with Crippen LogP contribution in [0.25, 0.3) is 0 Å². The molecule has 220 valence electrons. The second-order valence-corrected chi connectivity index (χ2v) is 12.7. The van der Waals surface area contributed by atoms with Crippen molar-refractivity contribution in [2.75, 3.05) is 0 Å². The Balaban J connectivity index is 1.21. The molecule has 0 spiro atoms. The minimum absolute atomic E-state index is 0.305. The standard InChI is InChI=1S/C40H40N4/c1-2-6-14-30-26-34-18-10-20-36(42-34)28-32(40-24-12-22-38(30)44-40)16-8-4-3-7-15-31-27-35-19-9-17-33(41-35)25-29(13-5-1)37-21-11-23-39(31)43-37/h9-12,17-24,29-32H,5-8,13-16,25-28H2. The maximum absolute atomic E-state index is 5.27. The Morgan fingerprint density at radius 3 is 0.932 bits per heavy atom. The van der Waals surface area contributed by atoms with Crippen molar-refractivity contribution in [1.29, 1.82) is 0 Å². The highest BCUT2D eigenvalue weighted by molar-refractivity contribution is 5.27. The van der Waals surface area contributed by atoms with Crippen LogP contribution >= 0.6 is 0 Å². The summed E-state index contributed by atoms with van der Waals surface area (Å²) in [6.45, 7) is 0. The van der Waals surface area contributed by atoms with Gasteiger partial charge in [0.05, 0.1) is 0 Å². The molecule has 3 aliphatic heterocycles. The summed E-state index contributed by atoms with van der Waals surface area (Å²) in [4.78, 5) is 20.7. The Labute approximate surface area is 262 Å². The van der Waals surface area contributed by atoms with Gasteiger partial charge in [-0.3, -0.25) is 19.9 Å². The number of fused-ring (bicyclic) bond motifs is 4. The lowest BCUT2D eigenvalue weighted by molar-refractivity contribution is 0.560. The van der Waals surface area contributed by atoms with Crippen molar-refractivity contribution in [1.82, 2.24) is 19.9 Å². The number of aromatic nitrogens is 4. The third-order valence-electron chi connectivity index (χ3n) is 9.53. The maximum Gasteiger partial charge on any atom is 0.0442 e. The lowest BCUT2D eigenvalue weighted by Gasteiger charge is -2.22. The topological polar surface area (TPSA) is 51.6 Å². The van der Waals surface area contributed by atoms with Crippen molar-refractivity contribution in [3.8, 4) is 23.7 Å². The molecule has 0 N–H and O–H groups in total. The van der Waals surface area contributed by atoms with E-state index in [9.17, 15) is 0 Å². The smallest absolute Gasteiger partial charge is 0.0442 e. The molecule has 4 aromatic rings. The van der Waals surface area contributed by atoms with Crippen molar-refractivity contribution in [3.63, 3.8) is 0 Å².